The average molecular weight is 462 g/mol. The van der Waals surface area contributed by atoms with Gasteiger partial charge in [-0.15, -0.1) is 0 Å². The Bertz CT molecular complexity index is 1050. The fraction of sp³-hybridized carbons (Fsp3) is 0.462. The lowest BCUT2D eigenvalue weighted by atomic mass is 9.87. The van der Waals surface area contributed by atoms with Gasteiger partial charge in [-0.3, -0.25) is 24.4 Å². The number of likely N-dealkylation sites (tertiary alicyclic amines) is 1. The van der Waals surface area contributed by atoms with Crippen molar-refractivity contribution in [3.8, 4) is 6.19 Å². The molecule has 2 fully saturated rings. The minimum absolute atomic E-state index is 0.0537. The standard InChI is InChI=1S/C26H31N5O3/c1-26(2,3)20-8-10-21(11-9-20)31(24(32)22-7-5-13-29(22)17-27)23(19-6-4-12-28-16-19)25(33)30-14-15-34-18-30/h4,6,8-12,16,22-23H,5,7,13-15,18H2,1-3H3. The second-order valence-corrected chi connectivity index (χ2v) is 9.78. The van der Waals surface area contributed by atoms with Crippen molar-refractivity contribution in [3.63, 3.8) is 0 Å². The Morgan fingerprint density at radius 1 is 1.21 bits per heavy atom. The normalized spacial score (nSPS) is 19.1. The Kier molecular flexibility index (Phi) is 6.85. The summed E-state index contributed by atoms with van der Waals surface area (Å²) in [6.45, 7) is 8.04. The van der Waals surface area contributed by atoms with E-state index in [0.717, 1.165) is 12.0 Å². The monoisotopic (exact) mass is 461 g/mol. The molecule has 2 atom stereocenters. The molecule has 2 saturated heterocycles. The quantitative estimate of drug-likeness (QED) is 0.635. The number of benzene rings is 1. The Hall–Kier alpha value is -3.44. The van der Waals surface area contributed by atoms with Crippen LogP contribution in [0.2, 0.25) is 0 Å². The predicted octanol–water partition coefficient (Wildman–Crippen LogP) is 3.22. The maximum Gasteiger partial charge on any atom is 0.252 e. The van der Waals surface area contributed by atoms with Gasteiger partial charge in [-0.25, -0.2) is 0 Å². The molecule has 2 amide bonds. The second kappa shape index (κ2) is 9.82. The fourth-order valence-corrected chi connectivity index (χ4v) is 4.53. The van der Waals surface area contributed by atoms with Crippen molar-refractivity contribution in [3.05, 3.63) is 59.9 Å². The first-order valence-corrected chi connectivity index (χ1v) is 11.7. The molecular weight excluding hydrogens is 430 g/mol. The van der Waals surface area contributed by atoms with Crippen LogP contribution in [0.5, 0.6) is 0 Å². The first-order valence-electron chi connectivity index (χ1n) is 11.7. The van der Waals surface area contributed by atoms with Crippen LogP contribution in [0.15, 0.2) is 48.8 Å². The number of anilines is 1. The first-order chi connectivity index (χ1) is 16.3. The van der Waals surface area contributed by atoms with Gasteiger partial charge in [0, 0.05) is 36.7 Å². The van der Waals surface area contributed by atoms with E-state index in [9.17, 15) is 14.9 Å². The summed E-state index contributed by atoms with van der Waals surface area (Å²) < 4.78 is 5.43. The van der Waals surface area contributed by atoms with Crippen LogP contribution in [0, 0.1) is 11.5 Å². The van der Waals surface area contributed by atoms with E-state index in [1.54, 1.807) is 28.3 Å². The van der Waals surface area contributed by atoms with E-state index in [0.29, 0.717) is 37.4 Å². The third-order valence-electron chi connectivity index (χ3n) is 6.47. The number of hydrogen-bond acceptors (Lipinski definition) is 6. The van der Waals surface area contributed by atoms with Crippen molar-refractivity contribution in [2.24, 2.45) is 0 Å². The molecule has 0 radical (unpaired) electrons. The maximum atomic E-state index is 14.0. The summed E-state index contributed by atoms with van der Waals surface area (Å²) in [6, 6.07) is 9.83. The molecule has 8 heteroatoms. The summed E-state index contributed by atoms with van der Waals surface area (Å²) in [5.74, 6) is -0.481. The van der Waals surface area contributed by atoms with Gasteiger partial charge in [-0.2, -0.15) is 5.26 Å². The lowest BCUT2D eigenvalue weighted by Crippen LogP contribution is -2.50. The van der Waals surface area contributed by atoms with Crippen molar-refractivity contribution in [1.82, 2.24) is 14.8 Å². The molecule has 178 valence electrons. The highest BCUT2D eigenvalue weighted by molar-refractivity contribution is 6.04. The zero-order valence-corrected chi connectivity index (χ0v) is 20.0. The number of nitriles is 1. The van der Waals surface area contributed by atoms with Crippen molar-refractivity contribution in [2.75, 3.05) is 31.3 Å². The summed E-state index contributed by atoms with van der Waals surface area (Å²) in [6.07, 6.45) is 6.75. The number of aromatic nitrogens is 1. The molecule has 2 unspecified atom stereocenters. The number of carbonyl (C=O) groups excluding carboxylic acids is 2. The molecule has 2 aliphatic heterocycles. The number of ether oxygens (including phenoxy) is 1. The van der Waals surface area contributed by atoms with Gasteiger partial charge in [0.1, 0.15) is 18.8 Å². The van der Waals surface area contributed by atoms with Gasteiger partial charge in [-0.05, 0) is 42.0 Å². The first kappa shape index (κ1) is 23.7. The minimum atomic E-state index is -0.912. The van der Waals surface area contributed by atoms with Crippen LogP contribution in [0.4, 0.5) is 5.69 Å². The van der Waals surface area contributed by atoms with Crippen molar-refractivity contribution >= 4 is 17.5 Å². The van der Waals surface area contributed by atoms with E-state index in [2.05, 4.69) is 31.9 Å². The van der Waals surface area contributed by atoms with Crippen LogP contribution in [0.1, 0.15) is 50.8 Å². The molecule has 3 heterocycles. The third-order valence-corrected chi connectivity index (χ3v) is 6.47. The van der Waals surface area contributed by atoms with Crippen molar-refractivity contribution in [2.45, 2.75) is 51.1 Å². The highest BCUT2D eigenvalue weighted by atomic mass is 16.5. The molecule has 0 bridgehead atoms. The highest BCUT2D eigenvalue weighted by Gasteiger charge is 2.42. The lowest BCUT2D eigenvalue weighted by molar-refractivity contribution is -0.135. The van der Waals surface area contributed by atoms with E-state index in [1.165, 1.54) is 4.90 Å². The molecular formula is C26H31N5O3. The largest absolute Gasteiger partial charge is 0.359 e. The Labute approximate surface area is 200 Å². The molecule has 4 rings (SSSR count). The lowest BCUT2D eigenvalue weighted by Gasteiger charge is -2.36. The SMILES string of the molecule is CC(C)(C)c1ccc(N(C(=O)C2CCCN2C#N)C(C(=O)N2CCOC2)c2cccnc2)cc1. The van der Waals surface area contributed by atoms with Crippen LogP contribution in [-0.2, 0) is 19.7 Å². The third kappa shape index (κ3) is 4.75. The Morgan fingerprint density at radius 2 is 1.97 bits per heavy atom. The average Bonchev–Trinajstić information content (AvgIpc) is 3.54. The molecule has 0 aliphatic carbocycles. The van der Waals surface area contributed by atoms with Gasteiger partial charge in [0.25, 0.3) is 11.8 Å². The Morgan fingerprint density at radius 3 is 2.56 bits per heavy atom. The summed E-state index contributed by atoms with van der Waals surface area (Å²) in [5.41, 5.74) is 2.31. The van der Waals surface area contributed by atoms with Crippen LogP contribution in [-0.4, -0.2) is 59.1 Å². The van der Waals surface area contributed by atoms with Crippen molar-refractivity contribution < 1.29 is 14.3 Å². The van der Waals surface area contributed by atoms with Crippen LogP contribution in [0.3, 0.4) is 0 Å². The molecule has 1 aromatic carbocycles. The molecule has 8 nitrogen and oxygen atoms in total. The maximum absolute atomic E-state index is 14.0. The van der Waals surface area contributed by atoms with E-state index in [-0.39, 0.29) is 24.0 Å². The predicted molar refractivity (Wildman–Crippen MR) is 127 cm³/mol. The molecule has 2 aliphatic rings. The Balaban J connectivity index is 1.82. The van der Waals surface area contributed by atoms with Gasteiger partial charge in [0.2, 0.25) is 0 Å². The number of pyridine rings is 1. The topological polar surface area (TPSA) is 89.8 Å². The van der Waals surface area contributed by atoms with Gasteiger partial charge in [0.15, 0.2) is 6.19 Å². The van der Waals surface area contributed by atoms with E-state index >= 15 is 0 Å². The number of amides is 2. The summed E-state index contributed by atoms with van der Waals surface area (Å²) in [5, 5.41) is 9.60. The number of rotatable bonds is 5. The smallest absolute Gasteiger partial charge is 0.252 e. The van der Waals surface area contributed by atoms with Crippen LogP contribution < -0.4 is 4.90 Å². The van der Waals surface area contributed by atoms with Gasteiger partial charge < -0.3 is 9.64 Å². The second-order valence-electron chi connectivity index (χ2n) is 9.78. The molecule has 0 spiro atoms. The number of nitrogens with zero attached hydrogens (tertiary/aromatic N) is 5. The zero-order valence-electron chi connectivity index (χ0n) is 20.0. The van der Waals surface area contributed by atoms with E-state index in [1.807, 2.05) is 30.3 Å². The van der Waals surface area contributed by atoms with Gasteiger partial charge >= 0.3 is 0 Å². The highest BCUT2D eigenvalue weighted by Crippen LogP contribution is 2.34. The molecule has 2 aromatic rings. The van der Waals surface area contributed by atoms with Gasteiger partial charge in [-0.1, -0.05) is 39.0 Å². The summed E-state index contributed by atoms with van der Waals surface area (Å²) >= 11 is 0. The van der Waals surface area contributed by atoms with Crippen molar-refractivity contribution in [1.29, 1.82) is 5.26 Å². The summed E-state index contributed by atoms with van der Waals surface area (Å²) in [7, 11) is 0. The minimum Gasteiger partial charge on any atom is -0.359 e. The molecule has 0 N–H and O–H groups in total. The number of carbonyl (C=O) groups is 2. The van der Waals surface area contributed by atoms with Crippen LogP contribution in [0.25, 0.3) is 0 Å². The fourth-order valence-electron chi connectivity index (χ4n) is 4.53. The summed E-state index contributed by atoms with van der Waals surface area (Å²) in [4.78, 5) is 36.8. The van der Waals surface area contributed by atoms with Crippen LogP contribution >= 0.6 is 0 Å². The van der Waals surface area contributed by atoms with Gasteiger partial charge in [0.05, 0.1) is 6.61 Å². The molecule has 0 saturated carbocycles. The molecule has 34 heavy (non-hydrogen) atoms. The van der Waals surface area contributed by atoms with E-state index in [4.69, 9.17) is 4.74 Å². The zero-order chi connectivity index (χ0) is 24.3. The number of hydrogen-bond donors (Lipinski definition) is 0. The molecule has 1 aromatic heterocycles. The van der Waals surface area contributed by atoms with E-state index < -0.39 is 12.1 Å².